The Labute approximate surface area is 175 Å². The van der Waals surface area contributed by atoms with Crippen LogP contribution >= 0.6 is 11.3 Å². The van der Waals surface area contributed by atoms with Crippen LogP contribution in [-0.4, -0.2) is 34.0 Å². The van der Waals surface area contributed by atoms with E-state index in [1.54, 1.807) is 6.92 Å². The number of hydrogen-bond donors (Lipinski definition) is 1. The van der Waals surface area contributed by atoms with Gasteiger partial charge in [0.2, 0.25) is 14.8 Å². The fraction of sp³-hybridized carbons (Fsp3) is 0.176. The highest BCUT2D eigenvalue weighted by atomic mass is 32.2. The van der Waals surface area contributed by atoms with Crippen molar-refractivity contribution in [2.45, 2.75) is 23.3 Å². The maximum atomic E-state index is 13.1. The molecule has 0 bridgehead atoms. The van der Waals surface area contributed by atoms with Gasteiger partial charge in [0.15, 0.2) is 0 Å². The number of aromatic nitrogens is 1. The lowest BCUT2D eigenvalue weighted by atomic mass is 10.3. The summed E-state index contributed by atoms with van der Waals surface area (Å²) >= 11 is 0.854. The molecular weight excluding hydrogens is 457 g/mol. The lowest BCUT2D eigenvalue weighted by Gasteiger charge is -2.06. The number of nitrogens with two attached hydrogens (primary N) is 1. The molecule has 0 saturated heterocycles. The van der Waals surface area contributed by atoms with Crippen LogP contribution in [0.25, 0.3) is 10.2 Å². The number of fused-ring (bicyclic) bond motifs is 1. The predicted octanol–water partition coefficient (Wildman–Crippen LogP) is 1.34. The molecule has 2 N–H and O–H groups in total. The van der Waals surface area contributed by atoms with E-state index in [-0.39, 0.29) is 27.7 Å². The molecule has 160 valence electrons. The van der Waals surface area contributed by atoms with Crippen molar-refractivity contribution in [2.75, 3.05) is 6.61 Å². The van der Waals surface area contributed by atoms with Crippen LogP contribution < -0.4 is 9.94 Å². The average molecular weight is 474 g/mol. The molecule has 1 heterocycles. The van der Waals surface area contributed by atoms with E-state index in [0.29, 0.717) is 10.2 Å². The van der Waals surface area contributed by atoms with Gasteiger partial charge in [-0.25, -0.2) is 17.9 Å². The quantitative estimate of drug-likeness (QED) is 0.536. The van der Waals surface area contributed by atoms with Crippen LogP contribution in [0.3, 0.4) is 0 Å². The van der Waals surface area contributed by atoms with Gasteiger partial charge in [-0.2, -0.15) is 8.42 Å². The Balaban J connectivity index is 2.24. The van der Waals surface area contributed by atoms with Crippen LogP contribution in [0, 0.1) is 5.82 Å². The van der Waals surface area contributed by atoms with Crippen molar-refractivity contribution < 1.29 is 30.8 Å². The third kappa shape index (κ3) is 4.75. The molecule has 1 aromatic heterocycles. The Morgan fingerprint density at radius 2 is 1.77 bits per heavy atom. The van der Waals surface area contributed by atoms with E-state index >= 15 is 0 Å². The lowest BCUT2D eigenvalue weighted by Crippen LogP contribution is -2.23. The van der Waals surface area contributed by atoms with Crippen LogP contribution in [0.2, 0.25) is 0 Å². The summed E-state index contributed by atoms with van der Waals surface area (Å²) in [5, 5.41) is 5.15. The second kappa shape index (κ2) is 8.26. The Morgan fingerprint density at radius 3 is 2.37 bits per heavy atom. The van der Waals surface area contributed by atoms with Crippen LogP contribution in [0.4, 0.5) is 4.39 Å². The maximum Gasteiger partial charge on any atom is 0.326 e. The first-order valence-electron chi connectivity index (χ1n) is 8.39. The number of ether oxygens (including phenoxy) is 1. The molecule has 0 atom stereocenters. The molecule has 0 radical (unpaired) electrons. The van der Waals surface area contributed by atoms with E-state index in [1.165, 1.54) is 22.8 Å². The fourth-order valence-corrected chi connectivity index (χ4v) is 5.44. The summed E-state index contributed by atoms with van der Waals surface area (Å²) in [7, 11) is -8.22. The topological polar surface area (TPSA) is 138 Å². The van der Waals surface area contributed by atoms with Crippen LogP contribution in [0.5, 0.6) is 0 Å². The minimum absolute atomic E-state index is 0.0889. The lowest BCUT2D eigenvalue weighted by molar-refractivity contribution is -0.143. The van der Waals surface area contributed by atoms with Gasteiger partial charge in [-0.3, -0.25) is 4.79 Å². The molecule has 2 aromatic carbocycles. The van der Waals surface area contributed by atoms with Gasteiger partial charge in [0.05, 0.1) is 26.6 Å². The highest BCUT2D eigenvalue weighted by Gasteiger charge is 2.18. The van der Waals surface area contributed by atoms with Crippen LogP contribution in [0.15, 0.2) is 56.7 Å². The molecule has 0 aliphatic carbocycles. The molecule has 0 amide bonds. The number of esters is 1. The first kappa shape index (κ1) is 22.1. The summed E-state index contributed by atoms with van der Waals surface area (Å²) in [5.74, 6) is -1.24. The summed E-state index contributed by atoms with van der Waals surface area (Å²) in [6, 6.07) is 8.00. The van der Waals surface area contributed by atoms with E-state index in [0.717, 1.165) is 35.6 Å². The monoisotopic (exact) mass is 473 g/mol. The van der Waals surface area contributed by atoms with Crippen LogP contribution in [0.1, 0.15) is 6.92 Å². The maximum absolute atomic E-state index is 13.1. The number of carbonyl (C=O) groups excluding carboxylic acids is 1. The van der Waals surface area contributed by atoms with Crippen molar-refractivity contribution in [2.24, 2.45) is 9.54 Å². The normalized spacial score (nSPS) is 13.0. The zero-order chi connectivity index (χ0) is 22.1. The van der Waals surface area contributed by atoms with Gasteiger partial charge in [0, 0.05) is 0 Å². The second-order valence-electron chi connectivity index (χ2n) is 5.97. The molecule has 3 aromatic rings. The van der Waals surface area contributed by atoms with Crippen LogP contribution in [-0.2, 0) is 36.1 Å². The predicted molar refractivity (Wildman–Crippen MR) is 107 cm³/mol. The van der Waals surface area contributed by atoms with Gasteiger partial charge in [-0.15, -0.1) is 4.40 Å². The van der Waals surface area contributed by atoms with Crippen molar-refractivity contribution in [1.29, 1.82) is 0 Å². The molecule has 0 unspecified atom stereocenters. The Morgan fingerprint density at radius 1 is 1.13 bits per heavy atom. The number of sulfonamides is 2. The summed E-state index contributed by atoms with van der Waals surface area (Å²) in [6.07, 6.45) is 0. The highest BCUT2D eigenvalue weighted by molar-refractivity contribution is 7.90. The number of primary sulfonamides is 1. The Kier molecular flexibility index (Phi) is 6.08. The standard InChI is InChI=1S/C17H16FN3O6S3/c1-2-27-16(22)10-21-14-8-7-13(29(19,23)24)9-15(14)28-17(21)20-30(25,26)12-5-3-11(18)4-6-12/h3-9H,2,10H2,1H3,(H2,19,23,24). The summed E-state index contributed by atoms with van der Waals surface area (Å²) in [5.41, 5.74) is 0.369. The van der Waals surface area contributed by atoms with Gasteiger partial charge in [0.25, 0.3) is 10.0 Å². The number of rotatable bonds is 6. The molecule has 30 heavy (non-hydrogen) atoms. The smallest absolute Gasteiger partial charge is 0.326 e. The third-order valence-electron chi connectivity index (χ3n) is 3.89. The molecule has 0 aliphatic rings. The summed E-state index contributed by atoms with van der Waals surface area (Å²) in [4.78, 5) is 11.5. The van der Waals surface area contributed by atoms with Gasteiger partial charge in [0.1, 0.15) is 12.4 Å². The highest BCUT2D eigenvalue weighted by Crippen LogP contribution is 2.22. The molecular formula is C17H16FN3O6S3. The first-order valence-corrected chi connectivity index (χ1v) is 12.2. The molecule has 9 nitrogen and oxygen atoms in total. The minimum atomic E-state index is -4.23. The molecule has 0 saturated carbocycles. The number of nitrogens with zero attached hydrogens (tertiary/aromatic N) is 2. The van der Waals surface area contributed by atoms with Crippen molar-refractivity contribution in [3.63, 3.8) is 0 Å². The number of carbonyl (C=O) groups is 1. The van der Waals surface area contributed by atoms with E-state index in [9.17, 15) is 26.0 Å². The van der Waals surface area contributed by atoms with Gasteiger partial charge in [-0.05, 0) is 49.4 Å². The Hall–Kier alpha value is -2.61. The van der Waals surface area contributed by atoms with E-state index in [1.807, 2.05) is 0 Å². The van der Waals surface area contributed by atoms with Crippen molar-refractivity contribution in [1.82, 2.24) is 4.57 Å². The molecule has 0 spiro atoms. The number of hydrogen-bond acceptors (Lipinski definition) is 7. The zero-order valence-corrected chi connectivity index (χ0v) is 17.9. The van der Waals surface area contributed by atoms with E-state index in [4.69, 9.17) is 9.88 Å². The number of benzene rings is 2. The minimum Gasteiger partial charge on any atom is -0.465 e. The van der Waals surface area contributed by atoms with Gasteiger partial charge in [-0.1, -0.05) is 11.3 Å². The number of thiazole rings is 1. The van der Waals surface area contributed by atoms with Crippen molar-refractivity contribution in [3.05, 3.63) is 53.1 Å². The molecule has 13 heteroatoms. The SMILES string of the molecule is CCOC(=O)Cn1c(=NS(=O)(=O)c2ccc(F)cc2)sc2cc(S(N)(=O)=O)ccc21. The van der Waals surface area contributed by atoms with Gasteiger partial charge < -0.3 is 9.30 Å². The van der Waals surface area contributed by atoms with E-state index in [2.05, 4.69) is 4.40 Å². The third-order valence-corrected chi connectivity index (χ3v) is 7.23. The summed E-state index contributed by atoms with van der Waals surface area (Å²) in [6.45, 7) is 1.40. The first-order chi connectivity index (χ1) is 14.0. The fourth-order valence-electron chi connectivity index (χ4n) is 2.55. The summed E-state index contributed by atoms with van der Waals surface area (Å²) < 4.78 is 72.0. The van der Waals surface area contributed by atoms with Crippen molar-refractivity contribution >= 4 is 47.6 Å². The Bertz CT molecular complexity index is 1390. The largest absolute Gasteiger partial charge is 0.465 e. The molecule has 0 aliphatic heterocycles. The zero-order valence-electron chi connectivity index (χ0n) is 15.5. The molecule has 3 rings (SSSR count). The molecule has 0 fully saturated rings. The number of halogens is 1. The second-order valence-corrected chi connectivity index (χ2v) is 10.1. The van der Waals surface area contributed by atoms with E-state index < -0.39 is 31.8 Å². The van der Waals surface area contributed by atoms with Crippen molar-refractivity contribution in [3.8, 4) is 0 Å². The van der Waals surface area contributed by atoms with Gasteiger partial charge >= 0.3 is 5.97 Å². The average Bonchev–Trinajstić information content (AvgIpc) is 2.97.